The van der Waals surface area contributed by atoms with Crippen LogP contribution in [0.4, 0.5) is 4.79 Å². The molecule has 1 fully saturated rings. The fraction of sp³-hybridized carbons (Fsp3) is 0.375. The SMILES string of the molecule is CCOC(=O)N1CCN(C=CC(=O)c2cc(Cl)cc(Cl)c2)CC1. The van der Waals surface area contributed by atoms with Crippen molar-refractivity contribution in [3.63, 3.8) is 0 Å². The number of benzene rings is 1. The third kappa shape index (κ3) is 5.15. The number of carbonyl (C=O) groups excluding carboxylic acids is 2. The van der Waals surface area contributed by atoms with Crippen molar-refractivity contribution in [1.29, 1.82) is 0 Å². The van der Waals surface area contributed by atoms with Crippen molar-refractivity contribution in [3.05, 3.63) is 46.1 Å². The molecule has 1 aromatic carbocycles. The van der Waals surface area contributed by atoms with Gasteiger partial charge in [-0.15, -0.1) is 0 Å². The molecule has 0 saturated carbocycles. The lowest BCUT2D eigenvalue weighted by Crippen LogP contribution is -2.47. The van der Waals surface area contributed by atoms with E-state index in [1.807, 2.05) is 4.90 Å². The second-order valence-electron chi connectivity index (χ2n) is 5.06. The molecule has 0 spiro atoms. The molecule has 2 rings (SSSR count). The van der Waals surface area contributed by atoms with Crippen molar-refractivity contribution in [2.45, 2.75) is 6.92 Å². The summed E-state index contributed by atoms with van der Waals surface area (Å²) in [6, 6.07) is 4.75. The number of nitrogens with zero attached hydrogens (tertiary/aromatic N) is 2. The van der Waals surface area contributed by atoms with Crippen molar-refractivity contribution < 1.29 is 14.3 Å². The summed E-state index contributed by atoms with van der Waals surface area (Å²) in [5.41, 5.74) is 0.448. The van der Waals surface area contributed by atoms with Crippen molar-refractivity contribution in [2.75, 3.05) is 32.8 Å². The lowest BCUT2D eigenvalue weighted by Gasteiger charge is -2.33. The van der Waals surface area contributed by atoms with Gasteiger partial charge in [-0.3, -0.25) is 4.79 Å². The average molecular weight is 357 g/mol. The van der Waals surface area contributed by atoms with E-state index >= 15 is 0 Å². The third-order valence-electron chi connectivity index (χ3n) is 3.42. The molecular formula is C16H18Cl2N2O3. The second kappa shape index (κ2) is 8.22. The Morgan fingerprint density at radius 3 is 2.30 bits per heavy atom. The standard InChI is InChI=1S/C16H18Cl2N2O3/c1-2-23-16(22)20-7-5-19(6-8-20)4-3-15(21)12-9-13(17)11-14(18)10-12/h3-4,9-11H,2,5-8H2,1H3. The molecule has 1 aliphatic rings. The molecule has 0 radical (unpaired) electrons. The summed E-state index contributed by atoms with van der Waals surface area (Å²) in [4.78, 5) is 27.4. The maximum Gasteiger partial charge on any atom is 0.409 e. The zero-order chi connectivity index (χ0) is 16.8. The van der Waals surface area contributed by atoms with Crippen molar-refractivity contribution in [2.24, 2.45) is 0 Å². The van der Waals surface area contributed by atoms with Gasteiger partial charge in [-0.25, -0.2) is 4.79 Å². The van der Waals surface area contributed by atoms with Gasteiger partial charge in [0.15, 0.2) is 5.78 Å². The summed E-state index contributed by atoms with van der Waals surface area (Å²) < 4.78 is 4.97. The molecule has 1 heterocycles. The number of ether oxygens (including phenoxy) is 1. The van der Waals surface area contributed by atoms with E-state index in [4.69, 9.17) is 27.9 Å². The van der Waals surface area contributed by atoms with Crippen LogP contribution in [-0.4, -0.2) is 54.5 Å². The normalized spacial score (nSPS) is 15.1. The molecule has 0 aliphatic carbocycles. The molecule has 23 heavy (non-hydrogen) atoms. The van der Waals surface area contributed by atoms with E-state index in [0.29, 0.717) is 48.4 Å². The molecule has 0 N–H and O–H groups in total. The van der Waals surface area contributed by atoms with Crippen LogP contribution in [0.25, 0.3) is 0 Å². The predicted octanol–water partition coefficient (Wildman–Crippen LogP) is 3.46. The van der Waals surface area contributed by atoms with Crippen molar-refractivity contribution in [1.82, 2.24) is 9.80 Å². The van der Waals surface area contributed by atoms with Gasteiger partial charge in [0.2, 0.25) is 0 Å². The molecule has 5 nitrogen and oxygen atoms in total. The molecule has 1 aliphatic heterocycles. The van der Waals surface area contributed by atoms with Gasteiger partial charge < -0.3 is 14.5 Å². The predicted molar refractivity (Wildman–Crippen MR) is 90.1 cm³/mol. The zero-order valence-corrected chi connectivity index (χ0v) is 14.3. The molecule has 124 valence electrons. The van der Waals surface area contributed by atoms with E-state index in [1.54, 1.807) is 36.2 Å². The molecule has 1 aromatic rings. The highest BCUT2D eigenvalue weighted by atomic mass is 35.5. The third-order valence-corrected chi connectivity index (χ3v) is 3.86. The van der Waals surface area contributed by atoms with Crippen LogP contribution in [0.3, 0.4) is 0 Å². The van der Waals surface area contributed by atoms with Crippen LogP contribution in [-0.2, 0) is 4.74 Å². The minimum Gasteiger partial charge on any atom is -0.450 e. The van der Waals surface area contributed by atoms with Crippen molar-refractivity contribution >= 4 is 35.1 Å². The fourth-order valence-corrected chi connectivity index (χ4v) is 2.76. The number of hydrogen-bond donors (Lipinski definition) is 0. The summed E-state index contributed by atoms with van der Waals surface area (Å²) in [6.07, 6.45) is 2.93. The van der Waals surface area contributed by atoms with E-state index in [2.05, 4.69) is 0 Å². The Labute approximate surface area is 145 Å². The number of rotatable bonds is 4. The van der Waals surface area contributed by atoms with Gasteiger partial charge in [0.05, 0.1) is 6.61 Å². The van der Waals surface area contributed by atoms with Gasteiger partial charge in [-0.1, -0.05) is 23.2 Å². The highest BCUT2D eigenvalue weighted by Gasteiger charge is 2.20. The number of allylic oxidation sites excluding steroid dienone is 1. The minimum absolute atomic E-state index is 0.165. The van der Waals surface area contributed by atoms with Gasteiger partial charge in [0, 0.05) is 54.1 Å². The highest BCUT2D eigenvalue weighted by Crippen LogP contribution is 2.19. The molecule has 0 atom stereocenters. The average Bonchev–Trinajstić information content (AvgIpc) is 2.52. The van der Waals surface area contributed by atoms with Crippen LogP contribution in [0.5, 0.6) is 0 Å². The lowest BCUT2D eigenvalue weighted by molar-refractivity contribution is 0.0886. The Kier molecular flexibility index (Phi) is 6.30. The Hall–Kier alpha value is -1.72. The van der Waals surface area contributed by atoms with E-state index in [0.717, 1.165) is 0 Å². The second-order valence-corrected chi connectivity index (χ2v) is 5.93. The first-order chi connectivity index (χ1) is 11.0. The number of piperazine rings is 1. The largest absolute Gasteiger partial charge is 0.450 e. The van der Waals surface area contributed by atoms with Gasteiger partial charge in [0.1, 0.15) is 0 Å². The number of halogens is 2. The Balaban J connectivity index is 1.89. The summed E-state index contributed by atoms with van der Waals surface area (Å²) >= 11 is 11.8. The van der Waals surface area contributed by atoms with Gasteiger partial charge in [-0.2, -0.15) is 0 Å². The first-order valence-electron chi connectivity index (χ1n) is 7.34. The smallest absolute Gasteiger partial charge is 0.409 e. The number of ketones is 1. The molecule has 0 bridgehead atoms. The Bertz CT molecular complexity index is 591. The van der Waals surface area contributed by atoms with E-state index in [-0.39, 0.29) is 11.9 Å². The summed E-state index contributed by atoms with van der Waals surface area (Å²) in [6.45, 7) is 4.60. The van der Waals surface area contributed by atoms with E-state index in [9.17, 15) is 9.59 Å². The monoisotopic (exact) mass is 356 g/mol. The van der Waals surface area contributed by atoms with Crippen LogP contribution in [0.1, 0.15) is 17.3 Å². The topological polar surface area (TPSA) is 49.9 Å². The van der Waals surface area contributed by atoms with Gasteiger partial charge >= 0.3 is 6.09 Å². The number of amides is 1. The maximum absolute atomic E-state index is 12.1. The zero-order valence-electron chi connectivity index (χ0n) is 12.8. The van der Waals surface area contributed by atoms with Gasteiger partial charge in [-0.05, 0) is 25.1 Å². The number of carbonyl (C=O) groups is 2. The minimum atomic E-state index is -0.291. The highest BCUT2D eigenvalue weighted by molar-refractivity contribution is 6.35. The van der Waals surface area contributed by atoms with Crippen LogP contribution >= 0.6 is 23.2 Å². The lowest BCUT2D eigenvalue weighted by atomic mass is 10.1. The Morgan fingerprint density at radius 1 is 1.13 bits per heavy atom. The summed E-state index contributed by atoms with van der Waals surface area (Å²) in [5.74, 6) is -0.165. The summed E-state index contributed by atoms with van der Waals surface area (Å²) in [7, 11) is 0. The van der Waals surface area contributed by atoms with E-state index in [1.165, 1.54) is 6.08 Å². The Morgan fingerprint density at radius 2 is 1.74 bits per heavy atom. The molecular weight excluding hydrogens is 339 g/mol. The number of hydrogen-bond acceptors (Lipinski definition) is 4. The maximum atomic E-state index is 12.1. The quantitative estimate of drug-likeness (QED) is 0.612. The van der Waals surface area contributed by atoms with Gasteiger partial charge in [0.25, 0.3) is 0 Å². The first kappa shape index (κ1) is 17.6. The van der Waals surface area contributed by atoms with Crippen LogP contribution in [0.2, 0.25) is 10.0 Å². The van der Waals surface area contributed by atoms with Crippen LogP contribution in [0, 0.1) is 0 Å². The van der Waals surface area contributed by atoms with Crippen molar-refractivity contribution in [3.8, 4) is 0 Å². The molecule has 7 heteroatoms. The summed E-state index contributed by atoms with van der Waals surface area (Å²) in [5, 5.41) is 0.856. The first-order valence-corrected chi connectivity index (χ1v) is 8.09. The molecule has 0 unspecified atom stereocenters. The van der Waals surface area contributed by atoms with Crippen LogP contribution < -0.4 is 0 Å². The van der Waals surface area contributed by atoms with E-state index < -0.39 is 0 Å². The fourth-order valence-electron chi connectivity index (χ4n) is 2.23. The molecule has 0 aromatic heterocycles. The molecule has 1 amide bonds. The van der Waals surface area contributed by atoms with Crippen LogP contribution in [0.15, 0.2) is 30.5 Å². The molecule has 1 saturated heterocycles.